The lowest BCUT2D eigenvalue weighted by molar-refractivity contribution is 0.0691. The van der Waals surface area contributed by atoms with Gasteiger partial charge in [0, 0.05) is 21.5 Å². The quantitative estimate of drug-likeness (QED) is 0.509. The average Bonchev–Trinajstić information content (AvgIpc) is 2.91. The molecule has 3 rings (SSSR count). The third-order valence-electron chi connectivity index (χ3n) is 3.40. The number of aromatic nitrogens is 1. The number of aromatic carboxylic acids is 1. The number of aromatic amines is 1. The smallest absolute Gasteiger partial charge is 0.353 e. The highest BCUT2D eigenvalue weighted by Crippen LogP contribution is 2.31. The van der Waals surface area contributed by atoms with Crippen LogP contribution in [0.3, 0.4) is 0 Å². The van der Waals surface area contributed by atoms with E-state index in [0.717, 1.165) is 5.56 Å². The van der Waals surface area contributed by atoms with Crippen LogP contribution >= 0.6 is 23.2 Å². The summed E-state index contributed by atoms with van der Waals surface area (Å²) in [6, 6.07) is 12.7. The number of carbonyl (C=O) groups is 1. The maximum atomic E-state index is 11.4. The van der Waals surface area contributed by atoms with Crippen LogP contribution in [0.4, 0.5) is 0 Å². The highest BCUT2D eigenvalue weighted by atomic mass is 35.5. The van der Waals surface area contributed by atoms with Gasteiger partial charge in [-0.05, 0) is 17.7 Å². The molecule has 7 heteroatoms. The van der Waals surface area contributed by atoms with Crippen LogP contribution in [0, 0.1) is 0 Å². The average molecular weight is 363 g/mol. The SMILES string of the molecule is O=C(O)c1[nH]c2cc(Cl)cc(Cl)c2c1/C=N/OCc1ccccc1. The molecule has 0 aliphatic heterocycles. The van der Waals surface area contributed by atoms with Gasteiger partial charge in [-0.1, -0.05) is 58.7 Å². The summed E-state index contributed by atoms with van der Waals surface area (Å²) in [5.41, 5.74) is 1.79. The molecule has 2 aromatic carbocycles. The summed E-state index contributed by atoms with van der Waals surface area (Å²) in [5.74, 6) is -1.12. The number of nitrogens with zero attached hydrogens (tertiary/aromatic N) is 1. The van der Waals surface area contributed by atoms with E-state index in [0.29, 0.717) is 26.5 Å². The van der Waals surface area contributed by atoms with E-state index in [1.807, 2.05) is 30.3 Å². The fraction of sp³-hybridized carbons (Fsp3) is 0.0588. The Hall–Kier alpha value is -2.50. The van der Waals surface area contributed by atoms with Crippen molar-refractivity contribution in [3.8, 4) is 0 Å². The Bertz CT molecular complexity index is 920. The largest absolute Gasteiger partial charge is 0.477 e. The molecule has 0 saturated carbocycles. The first-order chi connectivity index (χ1) is 11.6. The number of oxime groups is 1. The number of fused-ring (bicyclic) bond motifs is 1. The maximum Gasteiger partial charge on any atom is 0.353 e. The summed E-state index contributed by atoms with van der Waals surface area (Å²) in [6.45, 7) is 0.279. The van der Waals surface area contributed by atoms with Crippen molar-refractivity contribution >= 4 is 46.3 Å². The third-order valence-corrected chi connectivity index (χ3v) is 3.91. The van der Waals surface area contributed by atoms with Crippen LogP contribution in [-0.2, 0) is 11.4 Å². The molecular formula is C17H12Cl2N2O3. The van der Waals surface area contributed by atoms with Crippen LogP contribution in [-0.4, -0.2) is 22.3 Å². The zero-order valence-electron chi connectivity index (χ0n) is 12.3. The van der Waals surface area contributed by atoms with E-state index in [2.05, 4.69) is 10.1 Å². The highest BCUT2D eigenvalue weighted by Gasteiger charge is 2.18. The molecule has 0 amide bonds. The number of carboxylic acids is 1. The van der Waals surface area contributed by atoms with Gasteiger partial charge in [-0.15, -0.1) is 0 Å². The van der Waals surface area contributed by atoms with Crippen molar-refractivity contribution in [2.24, 2.45) is 5.16 Å². The predicted octanol–water partition coefficient (Wildman–Crippen LogP) is 4.72. The summed E-state index contributed by atoms with van der Waals surface area (Å²) in [6.07, 6.45) is 1.34. The number of carboxylic acid groups (broad SMARTS) is 1. The maximum absolute atomic E-state index is 11.4. The number of hydrogen-bond acceptors (Lipinski definition) is 3. The molecule has 1 aromatic heterocycles. The minimum Gasteiger partial charge on any atom is -0.477 e. The first-order valence-electron chi connectivity index (χ1n) is 6.99. The molecule has 0 aliphatic rings. The van der Waals surface area contributed by atoms with Gasteiger partial charge in [0.1, 0.15) is 12.3 Å². The molecule has 0 unspecified atom stereocenters. The van der Waals surface area contributed by atoms with E-state index in [1.165, 1.54) is 6.21 Å². The van der Waals surface area contributed by atoms with Crippen LogP contribution < -0.4 is 0 Å². The zero-order chi connectivity index (χ0) is 17.1. The minimum atomic E-state index is -1.12. The van der Waals surface area contributed by atoms with Gasteiger partial charge in [0.15, 0.2) is 0 Å². The van der Waals surface area contributed by atoms with Crippen molar-refractivity contribution in [1.82, 2.24) is 4.98 Å². The Balaban J connectivity index is 1.91. The van der Waals surface area contributed by atoms with Gasteiger partial charge in [0.05, 0.1) is 11.2 Å². The Morgan fingerprint density at radius 1 is 1.25 bits per heavy atom. The van der Waals surface area contributed by atoms with E-state index in [1.54, 1.807) is 12.1 Å². The molecule has 0 bridgehead atoms. The third kappa shape index (κ3) is 3.37. The van der Waals surface area contributed by atoms with Crippen LogP contribution in [0.15, 0.2) is 47.6 Å². The molecule has 2 N–H and O–H groups in total. The molecule has 24 heavy (non-hydrogen) atoms. The molecule has 0 fully saturated rings. The monoisotopic (exact) mass is 362 g/mol. The van der Waals surface area contributed by atoms with Crippen molar-refractivity contribution in [2.75, 3.05) is 0 Å². The summed E-state index contributed by atoms with van der Waals surface area (Å²) in [7, 11) is 0. The number of H-pyrrole nitrogens is 1. The molecular weight excluding hydrogens is 351 g/mol. The summed E-state index contributed by atoms with van der Waals surface area (Å²) >= 11 is 12.1. The number of rotatable bonds is 5. The molecule has 0 saturated heterocycles. The van der Waals surface area contributed by atoms with E-state index in [4.69, 9.17) is 28.0 Å². The Morgan fingerprint density at radius 3 is 2.71 bits per heavy atom. The predicted molar refractivity (Wildman–Crippen MR) is 94.1 cm³/mol. The van der Waals surface area contributed by atoms with Crippen molar-refractivity contribution in [2.45, 2.75) is 6.61 Å². The lowest BCUT2D eigenvalue weighted by atomic mass is 10.1. The Kier molecular flexibility index (Phi) is 4.74. The second kappa shape index (κ2) is 6.95. The first kappa shape index (κ1) is 16.4. The first-order valence-corrected chi connectivity index (χ1v) is 7.75. The second-order valence-electron chi connectivity index (χ2n) is 5.02. The van der Waals surface area contributed by atoms with Gasteiger partial charge < -0.3 is 14.9 Å². The van der Waals surface area contributed by atoms with Gasteiger partial charge >= 0.3 is 5.97 Å². The van der Waals surface area contributed by atoms with Gasteiger partial charge in [-0.3, -0.25) is 0 Å². The normalized spacial score (nSPS) is 11.2. The van der Waals surface area contributed by atoms with Crippen molar-refractivity contribution in [3.63, 3.8) is 0 Å². The lowest BCUT2D eigenvalue weighted by Crippen LogP contribution is -2.01. The Morgan fingerprint density at radius 2 is 2.00 bits per heavy atom. The minimum absolute atomic E-state index is 0.0266. The molecule has 3 aromatic rings. The number of halogens is 2. The molecule has 0 radical (unpaired) electrons. The summed E-state index contributed by atoms with van der Waals surface area (Å²) < 4.78 is 0. The molecule has 122 valence electrons. The molecule has 0 spiro atoms. The standard InChI is InChI=1S/C17H12Cl2N2O3/c18-11-6-13(19)15-12(16(17(22)23)21-14(15)7-11)8-20-24-9-10-4-2-1-3-5-10/h1-8,21H,9H2,(H,22,23)/b20-8+. The topological polar surface area (TPSA) is 74.7 Å². The molecule has 0 aliphatic carbocycles. The van der Waals surface area contributed by atoms with Crippen molar-refractivity contribution < 1.29 is 14.7 Å². The van der Waals surface area contributed by atoms with E-state index in [9.17, 15) is 9.90 Å². The number of benzene rings is 2. The Labute approximate surface area is 147 Å². The van der Waals surface area contributed by atoms with Crippen molar-refractivity contribution in [1.29, 1.82) is 0 Å². The second-order valence-corrected chi connectivity index (χ2v) is 5.87. The molecule has 0 atom stereocenters. The fourth-order valence-electron chi connectivity index (χ4n) is 2.35. The van der Waals surface area contributed by atoms with E-state index < -0.39 is 5.97 Å². The van der Waals surface area contributed by atoms with Crippen LogP contribution in [0.5, 0.6) is 0 Å². The van der Waals surface area contributed by atoms with E-state index in [-0.39, 0.29) is 12.3 Å². The van der Waals surface area contributed by atoms with Crippen molar-refractivity contribution in [3.05, 3.63) is 69.3 Å². The number of nitrogens with one attached hydrogen (secondary N) is 1. The van der Waals surface area contributed by atoms with Crippen LogP contribution in [0.25, 0.3) is 10.9 Å². The summed E-state index contributed by atoms with van der Waals surface area (Å²) in [4.78, 5) is 19.5. The van der Waals surface area contributed by atoms with Gasteiger partial charge in [-0.2, -0.15) is 0 Å². The summed E-state index contributed by atoms with van der Waals surface area (Å²) in [5, 5.41) is 14.5. The van der Waals surface area contributed by atoms with Gasteiger partial charge in [-0.25, -0.2) is 4.79 Å². The van der Waals surface area contributed by atoms with Gasteiger partial charge in [0.2, 0.25) is 0 Å². The number of hydrogen-bond donors (Lipinski definition) is 2. The highest BCUT2D eigenvalue weighted by molar-refractivity contribution is 6.39. The fourth-order valence-corrected chi connectivity index (χ4v) is 2.94. The van der Waals surface area contributed by atoms with Crippen LogP contribution in [0.1, 0.15) is 21.6 Å². The molecule has 5 nitrogen and oxygen atoms in total. The zero-order valence-corrected chi connectivity index (χ0v) is 13.8. The lowest BCUT2D eigenvalue weighted by Gasteiger charge is -2.00. The van der Waals surface area contributed by atoms with Gasteiger partial charge in [0.25, 0.3) is 0 Å². The van der Waals surface area contributed by atoms with E-state index >= 15 is 0 Å². The van der Waals surface area contributed by atoms with Crippen LogP contribution in [0.2, 0.25) is 10.0 Å². The molecule has 1 heterocycles.